The zero-order chi connectivity index (χ0) is 21.2. The molecule has 0 unspecified atom stereocenters. The van der Waals surface area contributed by atoms with Gasteiger partial charge in [0, 0.05) is 14.2 Å². The van der Waals surface area contributed by atoms with Crippen molar-refractivity contribution in [2.45, 2.75) is 104 Å². The molecule has 0 aliphatic heterocycles. The summed E-state index contributed by atoms with van der Waals surface area (Å²) in [5.74, 6) is 0. The third-order valence-corrected chi connectivity index (χ3v) is 25.2. The van der Waals surface area contributed by atoms with Crippen LogP contribution >= 0.6 is 0 Å². The molecule has 0 bridgehead atoms. The van der Waals surface area contributed by atoms with Gasteiger partial charge < -0.3 is 21.2 Å². The van der Waals surface area contributed by atoms with E-state index in [0.29, 0.717) is 0 Å². The molecular weight excluding hydrogens is 409 g/mol. The molecular formula is C18H46O5Si4. The zero-order valence-electron chi connectivity index (χ0n) is 19.7. The summed E-state index contributed by atoms with van der Waals surface area (Å²) in [5.41, 5.74) is 0. The maximum absolute atomic E-state index is 7.09. The molecule has 0 heterocycles. The highest BCUT2D eigenvalue weighted by Crippen LogP contribution is 2.36. The van der Waals surface area contributed by atoms with E-state index < -0.39 is 34.2 Å². The van der Waals surface area contributed by atoms with Crippen molar-refractivity contribution < 1.29 is 21.2 Å². The van der Waals surface area contributed by atoms with Crippen LogP contribution in [0.3, 0.4) is 0 Å². The maximum atomic E-state index is 7.09. The Balaban J connectivity index is 5.93. The highest BCUT2D eigenvalue weighted by atomic mass is 28.5. The number of hydrogen-bond acceptors (Lipinski definition) is 5. The van der Waals surface area contributed by atoms with Gasteiger partial charge in [-0.2, -0.15) is 0 Å². The van der Waals surface area contributed by atoms with Crippen LogP contribution in [0.4, 0.5) is 0 Å². The predicted molar refractivity (Wildman–Crippen MR) is 124 cm³/mol. The minimum Gasteiger partial charge on any atom is -0.415 e. The molecule has 0 rings (SSSR count). The summed E-state index contributed by atoms with van der Waals surface area (Å²) >= 11 is 0. The third kappa shape index (κ3) is 6.85. The van der Waals surface area contributed by atoms with Gasteiger partial charge in [0.2, 0.25) is 0 Å². The summed E-state index contributed by atoms with van der Waals surface area (Å²) in [4.78, 5) is 0. The van der Waals surface area contributed by atoms with Gasteiger partial charge in [0.1, 0.15) is 0 Å². The standard InChI is InChI=1S/C18H46O5Si4/c1-11-24(12-2,19-9)21-26(15-5,16-6)23-27(17-7,18-8)22-25(13-3,14-4)20-10/h11-18H2,1-10H3. The SMILES string of the molecule is CC[Si](CC)(OC)O[Si](CC)(CC)O[Si](CC)(CC)O[Si](CC)(CC)OC. The van der Waals surface area contributed by atoms with Gasteiger partial charge >= 0.3 is 34.2 Å². The van der Waals surface area contributed by atoms with Crippen molar-refractivity contribution in [2.75, 3.05) is 14.2 Å². The Morgan fingerprint density at radius 2 is 0.556 bits per heavy atom. The smallest absolute Gasteiger partial charge is 0.328 e. The molecule has 0 saturated heterocycles. The van der Waals surface area contributed by atoms with Gasteiger partial charge in [-0.05, 0) is 48.4 Å². The van der Waals surface area contributed by atoms with E-state index in [1.54, 1.807) is 0 Å². The zero-order valence-corrected chi connectivity index (χ0v) is 23.7. The Bertz CT molecular complexity index is 343. The van der Waals surface area contributed by atoms with E-state index in [9.17, 15) is 0 Å². The van der Waals surface area contributed by atoms with Crippen LogP contribution in [0.5, 0.6) is 0 Å². The first-order chi connectivity index (χ1) is 12.7. The summed E-state index contributed by atoms with van der Waals surface area (Å²) in [6.07, 6.45) is 0. The van der Waals surface area contributed by atoms with Gasteiger partial charge in [-0.3, -0.25) is 0 Å². The molecule has 27 heavy (non-hydrogen) atoms. The molecule has 164 valence electrons. The minimum atomic E-state index is -2.42. The number of hydrogen-bond donors (Lipinski definition) is 0. The monoisotopic (exact) mass is 454 g/mol. The molecule has 0 amide bonds. The molecule has 9 heteroatoms. The van der Waals surface area contributed by atoms with Crippen molar-refractivity contribution in [3.8, 4) is 0 Å². The molecule has 5 nitrogen and oxygen atoms in total. The van der Waals surface area contributed by atoms with Gasteiger partial charge in [-0.15, -0.1) is 0 Å². The normalized spacial score (nSPS) is 14.0. The third-order valence-electron chi connectivity index (χ3n) is 6.17. The van der Waals surface area contributed by atoms with E-state index in [2.05, 4.69) is 55.4 Å². The lowest BCUT2D eigenvalue weighted by atomic mass is 10.9. The molecule has 0 atom stereocenters. The second kappa shape index (κ2) is 12.4. The van der Waals surface area contributed by atoms with Gasteiger partial charge in [-0.1, -0.05) is 55.4 Å². The van der Waals surface area contributed by atoms with E-state index in [-0.39, 0.29) is 0 Å². The first kappa shape index (κ1) is 27.7. The van der Waals surface area contributed by atoms with Crippen LogP contribution in [-0.4, -0.2) is 48.5 Å². The van der Waals surface area contributed by atoms with Gasteiger partial charge in [0.15, 0.2) is 0 Å². The fourth-order valence-corrected chi connectivity index (χ4v) is 23.6. The Morgan fingerprint density at radius 3 is 0.704 bits per heavy atom. The van der Waals surface area contributed by atoms with Crippen molar-refractivity contribution in [3.05, 3.63) is 0 Å². The molecule has 0 radical (unpaired) electrons. The van der Waals surface area contributed by atoms with E-state index in [1.807, 2.05) is 14.2 Å². The molecule has 0 aliphatic rings. The van der Waals surface area contributed by atoms with Gasteiger partial charge in [0.25, 0.3) is 0 Å². The lowest BCUT2D eigenvalue weighted by Crippen LogP contribution is -2.62. The summed E-state index contributed by atoms with van der Waals surface area (Å²) in [6, 6.07) is 7.52. The van der Waals surface area contributed by atoms with Crippen LogP contribution in [0, 0.1) is 0 Å². The van der Waals surface area contributed by atoms with Gasteiger partial charge in [0.05, 0.1) is 0 Å². The van der Waals surface area contributed by atoms with Crippen molar-refractivity contribution in [2.24, 2.45) is 0 Å². The van der Waals surface area contributed by atoms with Crippen molar-refractivity contribution in [3.63, 3.8) is 0 Å². The molecule has 0 aromatic heterocycles. The highest BCUT2D eigenvalue weighted by molar-refractivity contribution is 6.89. The minimum absolute atomic E-state index is 0.930. The summed E-state index contributed by atoms with van der Waals surface area (Å²) in [6.45, 7) is 17.6. The Morgan fingerprint density at radius 1 is 0.370 bits per heavy atom. The van der Waals surface area contributed by atoms with Crippen molar-refractivity contribution in [1.82, 2.24) is 0 Å². The Hall–Kier alpha value is 0.668. The summed E-state index contributed by atoms with van der Waals surface area (Å²) in [5, 5.41) is 0. The molecule has 0 fully saturated rings. The maximum Gasteiger partial charge on any atom is 0.328 e. The number of rotatable bonds is 16. The second-order valence-electron chi connectivity index (χ2n) is 7.19. The first-order valence-electron chi connectivity index (χ1n) is 10.9. The average molecular weight is 455 g/mol. The molecule has 0 N–H and O–H groups in total. The fraction of sp³-hybridized carbons (Fsp3) is 1.00. The molecule has 0 spiro atoms. The summed E-state index contributed by atoms with van der Waals surface area (Å²) in [7, 11) is -5.66. The predicted octanol–water partition coefficient (Wildman–Crippen LogP) is 6.26. The van der Waals surface area contributed by atoms with Crippen LogP contribution in [0.1, 0.15) is 55.4 Å². The summed E-state index contributed by atoms with van der Waals surface area (Å²) < 4.78 is 32.8. The van der Waals surface area contributed by atoms with E-state index in [1.165, 1.54) is 0 Å². The second-order valence-corrected chi connectivity index (χ2v) is 23.4. The van der Waals surface area contributed by atoms with Crippen molar-refractivity contribution >= 4 is 34.2 Å². The Kier molecular flexibility index (Phi) is 12.7. The van der Waals surface area contributed by atoms with E-state index >= 15 is 0 Å². The van der Waals surface area contributed by atoms with Crippen LogP contribution in [0.2, 0.25) is 48.4 Å². The lowest BCUT2D eigenvalue weighted by Gasteiger charge is -2.46. The lowest BCUT2D eigenvalue weighted by molar-refractivity contribution is 0.224. The molecule has 0 aromatic rings. The fourth-order valence-electron chi connectivity index (χ4n) is 3.59. The van der Waals surface area contributed by atoms with E-state index in [4.69, 9.17) is 21.2 Å². The average Bonchev–Trinajstić information content (AvgIpc) is 2.74. The topological polar surface area (TPSA) is 46.2 Å². The highest BCUT2D eigenvalue weighted by Gasteiger charge is 2.53. The molecule has 0 aromatic carbocycles. The largest absolute Gasteiger partial charge is 0.415 e. The Labute approximate surface area is 173 Å². The first-order valence-corrected chi connectivity index (χ1v) is 19.9. The quantitative estimate of drug-likeness (QED) is 0.258. The van der Waals surface area contributed by atoms with Gasteiger partial charge in [-0.25, -0.2) is 0 Å². The van der Waals surface area contributed by atoms with Crippen LogP contribution in [-0.2, 0) is 21.2 Å². The van der Waals surface area contributed by atoms with Crippen molar-refractivity contribution in [1.29, 1.82) is 0 Å². The van der Waals surface area contributed by atoms with Crippen LogP contribution in [0.25, 0.3) is 0 Å². The van der Waals surface area contributed by atoms with Crippen LogP contribution in [0.15, 0.2) is 0 Å². The van der Waals surface area contributed by atoms with Crippen LogP contribution < -0.4 is 0 Å². The molecule has 0 saturated carbocycles. The molecule has 0 aliphatic carbocycles. The van der Waals surface area contributed by atoms with E-state index in [0.717, 1.165) is 48.4 Å².